The molecule has 0 nitrogen and oxygen atoms in total. The van der Waals surface area contributed by atoms with Crippen molar-refractivity contribution >= 4 is 39.1 Å². The van der Waals surface area contributed by atoms with Crippen LogP contribution in [0.15, 0.2) is 46.9 Å². The van der Waals surface area contributed by atoms with Gasteiger partial charge in [-0.05, 0) is 35.4 Å². The van der Waals surface area contributed by atoms with E-state index in [1.165, 1.54) is 0 Å². The van der Waals surface area contributed by atoms with Crippen molar-refractivity contribution < 1.29 is 0 Å². The predicted molar refractivity (Wildman–Crippen MR) is 69.6 cm³/mol. The lowest BCUT2D eigenvalue weighted by molar-refractivity contribution is 1.58. The van der Waals surface area contributed by atoms with Gasteiger partial charge < -0.3 is 0 Å². The largest absolute Gasteiger partial charge is 0.0843 e. The highest BCUT2D eigenvalue weighted by atomic mass is 79.9. The van der Waals surface area contributed by atoms with Gasteiger partial charge in [-0.1, -0.05) is 57.3 Å². The fourth-order valence-corrected chi connectivity index (χ4v) is 2.44. The van der Waals surface area contributed by atoms with Gasteiger partial charge in [-0.25, -0.2) is 0 Å². The Hall–Kier alpha value is -0.500. The SMILES string of the molecule is Clc1cc(Cl)cc(-c2ccccc2Br)c1. The van der Waals surface area contributed by atoms with Crippen LogP contribution in [0.1, 0.15) is 0 Å². The van der Waals surface area contributed by atoms with Crippen molar-refractivity contribution in [2.75, 3.05) is 0 Å². The summed E-state index contributed by atoms with van der Waals surface area (Å²) in [7, 11) is 0. The zero-order valence-corrected chi connectivity index (χ0v) is 10.8. The standard InChI is InChI=1S/C12H7BrCl2/c13-12-4-2-1-3-11(12)8-5-9(14)7-10(15)6-8/h1-7H. The molecule has 0 aliphatic carbocycles. The summed E-state index contributed by atoms with van der Waals surface area (Å²) in [6, 6.07) is 13.5. The van der Waals surface area contributed by atoms with Gasteiger partial charge in [0.25, 0.3) is 0 Å². The highest BCUT2D eigenvalue weighted by molar-refractivity contribution is 9.10. The zero-order chi connectivity index (χ0) is 10.8. The van der Waals surface area contributed by atoms with E-state index in [2.05, 4.69) is 15.9 Å². The molecule has 0 atom stereocenters. The van der Waals surface area contributed by atoms with Crippen molar-refractivity contribution in [2.24, 2.45) is 0 Å². The molecule has 0 fully saturated rings. The summed E-state index contributed by atoms with van der Waals surface area (Å²) in [5.74, 6) is 0. The van der Waals surface area contributed by atoms with Crippen molar-refractivity contribution in [3.05, 3.63) is 57.0 Å². The van der Waals surface area contributed by atoms with Crippen molar-refractivity contribution in [1.29, 1.82) is 0 Å². The van der Waals surface area contributed by atoms with Crippen molar-refractivity contribution in [2.45, 2.75) is 0 Å². The summed E-state index contributed by atoms with van der Waals surface area (Å²) in [6.07, 6.45) is 0. The number of hydrogen-bond donors (Lipinski definition) is 0. The minimum absolute atomic E-state index is 0.647. The summed E-state index contributed by atoms with van der Waals surface area (Å²) in [6.45, 7) is 0. The highest BCUT2D eigenvalue weighted by Crippen LogP contribution is 2.31. The van der Waals surface area contributed by atoms with Crippen LogP contribution in [0, 0.1) is 0 Å². The monoisotopic (exact) mass is 300 g/mol. The van der Waals surface area contributed by atoms with Crippen LogP contribution in [0.3, 0.4) is 0 Å². The molecule has 0 aliphatic rings. The molecule has 3 heteroatoms. The number of benzene rings is 2. The third-order valence-corrected chi connectivity index (χ3v) is 3.18. The molecule has 2 aromatic carbocycles. The lowest BCUT2D eigenvalue weighted by atomic mass is 10.1. The van der Waals surface area contributed by atoms with E-state index in [1.54, 1.807) is 6.07 Å². The van der Waals surface area contributed by atoms with Crippen molar-refractivity contribution in [1.82, 2.24) is 0 Å². The van der Waals surface area contributed by atoms with Crippen molar-refractivity contribution in [3.8, 4) is 11.1 Å². The van der Waals surface area contributed by atoms with Crippen LogP contribution >= 0.6 is 39.1 Å². The average molecular weight is 302 g/mol. The minimum Gasteiger partial charge on any atom is -0.0843 e. The van der Waals surface area contributed by atoms with Gasteiger partial charge in [-0.2, -0.15) is 0 Å². The fourth-order valence-electron chi connectivity index (χ4n) is 1.40. The molecule has 0 unspecified atom stereocenters. The molecule has 0 N–H and O–H groups in total. The van der Waals surface area contributed by atoms with Crippen molar-refractivity contribution in [3.63, 3.8) is 0 Å². The second-order valence-corrected chi connectivity index (χ2v) is 4.87. The van der Waals surface area contributed by atoms with E-state index in [4.69, 9.17) is 23.2 Å². The van der Waals surface area contributed by atoms with Crippen LogP contribution in [0.2, 0.25) is 10.0 Å². The first-order valence-corrected chi connectivity index (χ1v) is 5.93. The maximum Gasteiger partial charge on any atom is 0.0426 e. The summed E-state index contributed by atoms with van der Waals surface area (Å²) in [4.78, 5) is 0. The Morgan fingerprint density at radius 2 is 1.47 bits per heavy atom. The molecule has 0 amide bonds. The van der Waals surface area contributed by atoms with E-state index in [9.17, 15) is 0 Å². The fraction of sp³-hybridized carbons (Fsp3) is 0. The molecular weight excluding hydrogens is 295 g/mol. The molecule has 76 valence electrons. The van der Waals surface area contributed by atoms with Crippen LogP contribution in [0.25, 0.3) is 11.1 Å². The van der Waals surface area contributed by atoms with Gasteiger partial charge in [0, 0.05) is 14.5 Å². The number of rotatable bonds is 1. The summed E-state index contributed by atoms with van der Waals surface area (Å²) in [5.41, 5.74) is 2.10. The Labute approximate surface area is 107 Å². The van der Waals surface area contributed by atoms with E-state index in [0.717, 1.165) is 15.6 Å². The van der Waals surface area contributed by atoms with E-state index >= 15 is 0 Å². The van der Waals surface area contributed by atoms with Gasteiger partial charge >= 0.3 is 0 Å². The first-order valence-electron chi connectivity index (χ1n) is 4.38. The summed E-state index contributed by atoms with van der Waals surface area (Å²) < 4.78 is 1.03. The number of halogens is 3. The highest BCUT2D eigenvalue weighted by Gasteiger charge is 2.04. The van der Waals surface area contributed by atoms with Gasteiger partial charge in [-0.15, -0.1) is 0 Å². The second kappa shape index (κ2) is 4.56. The Balaban J connectivity index is 2.59. The summed E-state index contributed by atoms with van der Waals surface area (Å²) in [5, 5.41) is 1.29. The molecule has 0 radical (unpaired) electrons. The quantitative estimate of drug-likeness (QED) is 0.659. The Bertz CT molecular complexity index is 474. The maximum absolute atomic E-state index is 5.95. The topological polar surface area (TPSA) is 0 Å². The Kier molecular flexibility index (Phi) is 3.35. The molecule has 0 aliphatic heterocycles. The lowest BCUT2D eigenvalue weighted by Gasteiger charge is -2.05. The van der Waals surface area contributed by atoms with Crippen LogP contribution in [-0.4, -0.2) is 0 Å². The molecule has 0 saturated heterocycles. The first-order chi connectivity index (χ1) is 7.16. The normalized spacial score (nSPS) is 10.3. The molecule has 0 aromatic heterocycles. The molecule has 0 heterocycles. The average Bonchev–Trinajstić information content (AvgIpc) is 2.16. The van der Waals surface area contributed by atoms with Crippen LogP contribution in [0.5, 0.6) is 0 Å². The molecular formula is C12H7BrCl2. The van der Waals surface area contributed by atoms with Crippen LogP contribution < -0.4 is 0 Å². The third kappa shape index (κ3) is 2.54. The summed E-state index contributed by atoms with van der Waals surface area (Å²) >= 11 is 15.4. The molecule has 0 saturated carbocycles. The van der Waals surface area contributed by atoms with E-state index in [1.807, 2.05) is 36.4 Å². The molecule has 0 bridgehead atoms. The zero-order valence-electron chi connectivity index (χ0n) is 7.68. The molecule has 15 heavy (non-hydrogen) atoms. The van der Waals surface area contributed by atoms with Gasteiger partial charge in [0.05, 0.1) is 0 Å². The lowest BCUT2D eigenvalue weighted by Crippen LogP contribution is -1.79. The maximum atomic E-state index is 5.95. The number of hydrogen-bond acceptors (Lipinski definition) is 0. The van der Waals surface area contributed by atoms with Gasteiger partial charge in [0.1, 0.15) is 0 Å². The minimum atomic E-state index is 0.647. The van der Waals surface area contributed by atoms with E-state index in [-0.39, 0.29) is 0 Å². The van der Waals surface area contributed by atoms with E-state index in [0.29, 0.717) is 10.0 Å². The predicted octanol–water partition coefficient (Wildman–Crippen LogP) is 5.42. The second-order valence-electron chi connectivity index (χ2n) is 3.14. The van der Waals surface area contributed by atoms with Crippen LogP contribution in [0.4, 0.5) is 0 Å². The Morgan fingerprint density at radius 3 is 2.07 bits per heavy atom. The van der Waals surface area contributed by atoms with Gasteiger partial charge in [-0.3, -0.25) is 0 Å². The Morgan fingerprint density at radius 1 is 0.867 bits per heavy atom. The van der Waals surface area contributed by atoms with E-state index < -0.39 is 0 Å². The third-order valence-electron chi connectivity index (χ3n) is 2.05. The molecule has 0 spiro atoms. The van der Waals surface area contributed by atoms with Crippen LogP contribution in [-0.2, 0) is 0 Å². The van der Waals surface area contributed by atoms with Gasteiger partial charge in [0.2, 0.25) is 0 Å². The first kappa shape index (κ1) is 11.0. The molecule has 2 aromatic rings. The van der Waals surface area contributed by atoms with Gasteiger partial charge in [0.15, 0.2) is 0 Å². The molecule has 2 rings (SSSR count). The smallest absolute Gasteiger partial charge is 0.0426 e.